The molecule has 0 amide bonds. The van der Waals surface area contributed by atoms with Crippen LogP contribution in [0, 0.1) is 0 Å². The molecule has 1 aliphatic heterocycles. The zero-order valence-corrected chi connectivity index (χ0v) is 18.5. The van der Waals surface area contributed by atoms with Crippen LogP contribution in [0.25, 0.3) is 0 Å². The molecular formula is C21H34N8O3. The molecule has 0 aromatic carbocycles. The lowest BCUT2D eigenvalue weighted by molar-refractivity contribution is 0.0547. The fraction of sp³-hybridized carbons (Fsp3) is 0.619. The largest absolute Gasteiger partial charge is 0.378 e. The Morgan fingerprint density at radius 2 is 1.69 bits per heavy atom. The molecule has 0 bridgehead atoms. The van der Waals surface area contributed by atoms with Gasteiger partial charge in [-0.05, 0) is 25.0 Å². The van der Waals surface area contributed by atoms with Gasteiger partial charge in [0.15, 0.2) is 0 Å². The molecule has 0 radical (unpaired) electrons. The van der Waals surface area contributed by atoms with Crippen molar-refractivity contribution in [3.8, 4) is 0 Å². The van der Waals surface area contributed by atoms with Gasteiger partial charge in [-0.1, -0.05) is 6.07 Å². The predicted molar refractivity (Wildman–Crippen MR) is 123 cm³/mol. The van der Waals surface area contributed by atoms with Gasteiger partial charge in [0.1, 0.15) is 0 Å². The third-order valence-electron chi connectivity index (χ3n) is 4.70. The van der Waals surface area contributed by atoms with Gasteiger partial charge < -0.3 is 35.9 Å². The molecule has 11 heteroatoms. The minimum absolute atomic E-state index is 0.193. The van der Waals surface area contributed by atoms with Crippen LogP contribution in [0.15, 0.2) is 24.4 Å². The molecule has 5 N–H and O–H groups in total. The Hall–Kier alpha value is -2.60. The fourth-order valence-electron chi connectivity index (χ4n) is 3.11. The third-order valence-corrected chi connectivity index (χ3v) is 4.70. The van der Waals surface area contributed by atoms with E-state index in [0.717, 1.165) is 31.6 Å². The summed E-state index contributed by atoms with van der Waals surface area (Å²) in [4.78, 5) is 17.8. The molecule has 3 rings (SSSR count). The zero-order valence-electron chi connectivity index (χ0n) is 18.5. The molecule has 1 saturated heterocycles. The van der Waals surface area contributed by atoms with Crippen molar-refractivity contribution in [3.05, 3.63) is 30.1 Å². The number of nitrogens with two attached hydrogens (primary N) is 1. The van der Waals surface area contributed by atoms with E-state index in [1.165, 1.54) is 0 Å². The van der Waals surface area contributed by atoms with E-state index in [9.17, 15) is 0 Å². The summed E-state index contributed by atoms with van der Waals surface area (Å²) in [6.45, 7) is 5.34. The Morgan fingerprint density at radius 1 is 0.938 bits per heavy atom. The third kappa shape index (κ3) is 9.27. The lowest BCUT2D eigenvalue weighted by Crippen LogP contribution is -2.21. The highest BCUT2D eigenvalue weighted by atomic mass is 16.5. The van der Waals surface area contributed by atoms with Crippen molar-refractivity contribution in [1.82, 2.24) is 19.9 Å². The molecular weight excluding hydrogens is 412 g/mol. The van der Waals surface area contributed by atoms with Crippen molar-refractivity contribution in [2.24, 2.45) is 5.73 Å². The average molecular weight is 447 g/mol. The average Bonchev–Trinajstić information content (AvgIpc) is 3.34. The zero-order chi connectivity index (χ0) is 22.3. The number of hydrogen-bond donors (Lipinski definition) is 4. The van der Waals surface area contributed by atoms with Gasteiger partial charge >= 0.3 is 0 Å². The first-order chi connectivity index (χ1) is 15.8. The normalized spacial score (nSPS) is 15.6. The van der Waals surface area contributed by atoms with E-state index in [4.69, 9.17) is 19.9 Å². The number of pyridine rings is 1. The Morgan fingerprint density at radius 3 is 2.38 bits per heavy atom. The summed E-state index contributed by atoms with van der Waals surface area (Å²) in [7, 11) is 0. The molecule has 1 fully saturated rings. The minimum Gasteiger partial charge on any atom is -0.378 e. The lowest BCUT2D eigenvalue weighted by atomic mass is 10.2. The van der Waals surface area contributed by atoms with Gasteiger partial charge in [-0.25, -0.2) is 0 Å². The maximum absolute atomic E-state index is 5.67. The number of anilines is 3. The molecule has 2 aromatic rings. The van der Waals surface area contributed by atoms with Crippen LogP contribution in [0.4, 0.5) is 17.8 Å². The first-order valence-corrected chi connectivity index (χ1v) is 11.2. The summed E-state index contributed by atoms with van der Waals surface area (Å²) in [5.41, 5.74) is 6.39. The summed E-state index contributed by atoms with van der Waals surface area (Å²) < 4.78 is 16.5. The van der Waals surface area contributed by atoms with Crippen LogP contribution in [0.2, 0.25) is 0 Å². The molecule has 11 nitrogen and oxygen atoms in total. The van der Waals surface area contributed by atoms with Gasteiger partial charge in [0.25, 0.3) is 0 Å². The Bertz CT molecular complexity index is 762. The molecule has 0 saturated carbocycles. The number of rotatable bonds is 16. The molecule has 2 aromatic heterocycles. The van der Waals surface area contributed by atoms with Crippen LogP contribution in [-0.4, -0.2) is 85.3 Å². The molecule has 3 heterocycles. The second-order valence-electron chi connectivity index (χ2n) is 7.26. The van der Waals surface area contributed by atoms with Crippen molar-refractivity contribution in [2.75, 3.05) is 75.2 Å². The van der Waals surface area contributed by atoms with Crippen LogP contribution in [0.5, 0.6) is 0 Å². The first-order valence-electron chi connectivity index (χ1n) is 11.2. The predicted octanol–water partition coefficient (Wildman–Crippen LogP) is 0.916. The van der Waals surface area contributed by atoms with Crippen LogP contribution in [-0.2, 0) is 20.6 Å². The van der Waals surface area contributed by atoms with E-state index in [2.05, 4.69) is 35.9 Å². The van der Waals surface area contributed by atoms with E-state index in [1.54, 1.807) is 6.20 Å². The van der Waals surface area contributed by atoms with E-state index in [-0.39, 0.29) is 6.10 Å². The van der Waals surface area contributed by atoms with E-state index in [1.807, 2.05) is 18.2 Å². The molecule has 1 unspecified atom stereocenters. The topological polar surface area (TPSA) is 141 Å². The number of hydrogen-bond acceptors (Lipinski definition) is 11. The monoisotopic (exact) mass is 446 g/mol. The second-order valence-corrected chi connectivity index (χ2v) is 7.26. The standard InChI is InChI=1S/C21H34N8O3/c22-7-12-30-14-15-31-13-10-25-20-27-19(24-9-6-17-4-1-2-8-23-17)28-21(29-20)26-16-18-5-3-11-32-18/h1-2,4,8,18H,3,5-7,9-16,22H2,(H3,24,25,26,27,28,29). The van der Waals surface area contributed by atoms with Crippen LogP contribution in [0.3, 0.4) is 0 Å². The second kappa shape index (κ2) is 14.5. The highest BCUT2D eigenvalue weighted by molar-refractivity contribution is 5.42. The van der Waals surface area contributed by atoms with Gasteiger partial charge in [0.05, 0.1) is 32.5 Å². The maximum atomic E-state index is 5.67. The summed E-state index contributed by atoms with van der Waals surface area (Å²) in [6.07, 6.45) is 4.89. The first kappa shape index (κ1) is 24.1. The van der Waals surface area contributed by atoms with Gasteiger partial charge in [0.2, 0.25) is 17.8 Å². The smallest absolute Gasteiger partial charge is 0.229 e. The number of ether oxygens (including phenoxy) is 3. The lowest BCUT2D eigenvalue weighted by Gasteiger charge is -2.13. The highest BCUT2D eigenvalue weighted by Crippen LogP contribution is 2.14. The van der Waals surface area contributed by atoms with Crippen LogP contribution < -0.4 is 21.7 Å². The number of nitrogens with zero attached hydrogens (tertiary/aromatic N) is 4. The SMILES string of the molecule is NCCOCCOCCNc1nc(NCCc2ccccn2)nc(NCC2CCCO2)n1. The van der Waals surface area contributed by atoms with Crippen molar-refractivity contribution in [1.29, 1.82) is 0 Å². The maximum Gasteiger partial charge on any atom is 0.229 e. The van der Waals surface area contributed by atoms with Crippen LogP contribution in [0.1, 0.15) is 18.5 Å². The summed E-state index contributed by atoms with van der Waals surface area (Å²) in [5.74, 6) is 1.50. The van der Waals surface area contributed by atoms with E-state index in [0.29, 0.717) is 70.5 Å². The van der Waals surface area contributed by atoms with Crippen molar-refractivity contribution in [2.45, 2.75) is 25.4 Å². The van der Waals surface area contributed by atoms with Gasteiger partial charge in [-0.3, -0.25) is 4.98 Å². The fourth-order valence-corrected chi connectivity index (χ4v) is 3.11. The van der Waals surface area contributed by atoms with Gasteiger partial charge in [-0.2, -0.15) is 15.0 Å². The molecule has 0 spiro atoms. The van der Waals surface area contributed by atoms with Gasteiger partial charge in [-0.15, -0.1) is 0 Å². The van der Waals surface area contributed by atoms with Crippen molar-refractivity contribution >= 4 is 17.8 Å². The Labute approximate surface area is 188 Å². The Kier molecular flexibility index (Phi) is 10.9. The molecule has 176 valence electrons. The Balaban J connectivity index is 1.48. The molecule has 32 heavy (non-hydrogen) atoms. The summed E-state index contributed by atoms with van der Waals surface area (Å²) >= 11 is 0. The van der Waals surface area contributed by atoms with E-state index < -0.39 is 0 Å². The van der Waals surface area contributed by atoms with Crippen molar-refractivity contribution in [3.63, 3.8) is 0 Å². The molecule has 1 aliphatic rings. The number of nitrogens with one attached hydrogen (secondary N) is 3. The molecule has 0 aliphatic carbocycles. The number of aromatic nitrogens is 4. The minimum atomic E-state index is 0.193. The van der Waals surface area contributed by atoms with Crippen molar-refractivity contribution < 1.29 is 14.2 Å². The van der Waals surface area contributed by atoms with Gasteiger partial charge in [0, 0.05) is 51.1 Å². The summed E-state index contributed by atoms with van der Waals surface area (Å²) in [6, 6.07) is 5.88. The summed E-state index contributed by atoms with van der Waals surface area (Å²) in [5, 5.41) is 9.72. The highest BCUT2D eigenvalue weighted by Gasteiger charge is 2.16. The van der Waals surface area contributed by atoms with E-state index >= 15 is 0 Å². The molecule has 1 atom stereocenters. The quantitative estimate of drug-likeness (QED) is 0.273. The van der Waals surface area contributed by atoms with Crippen LogP contribution >= 0.6 is 0 Å².